The molecule has 0 saturated heterocycles. The summed E-state index contributed by atoms with van der Waals surface area (Å²) in [5.74, 6) is 0. The lowest BCUT2D eigenvalue weighted by atomic mass is 10.2. The minimum absolute atomic E-state index is 0.123. The van der Waals surface area contributed by atoms with Crippen LogP contribution in [0.3, 0.4) is 0 Å². The molecule has 0 aliphatic heterocycles. The number of nitrogens with zero attached hydrogens (tertiary/aromatic N) is 1. The van der Waals surface area contributed by atoms with Crippen molar-refractivity contribution in [3.63, 3.8) is 0 Å². The van der Waals surface area contributed by atoms with Crippen molar-refractivity contribution in [1.82, 2.24) is 4.98 Å². The summed E-state index contributed by atoms with van der Waals surface area (Å²) in [7, 11) is 0. The Hall–Kier alpha value is -1.22. The average Bonchev–Trinajstić information content (AvgIpc) is 2.03. The first-order valence-electron chi connectivity index (χ1n) is 3.30. The van der Waals surface area contributed by atoms with E-state index in [2.05, 4.69) is 4.98 Å². The fraction of sp³-hybridized carbons (Fsp3) is 0.250. The second kappa shape index (κ2) is 3.25. The van der Waals surface area contributed by atoms with Crippen LogP contribution in [0.5, 0.6) is 0 Å². The molecule has 58 valence electrons. The summed E-state index contributed by atoms with van der Waals surface area (Å²) in [6.07, 6.45) is 0.744. The molecule has 0 atom stereocenters. The SMILES string of the molecule is Cc1cc(C=O)cc(CO)n1. The van der Waals surface area contributed by atoms with Gasteiger partial charge >= 0.3 is 0 Å². The monoisotopic (exact) mass is 151 g/mol. The number of aromatic nitrogens is 1. The molecule has 1 heterocycles. The molecule has 0 aromatic carbocycles. The van der Waals surface area contributed by atoms with E-state index in [1.807, 2.05) is 0 Å². The molecule has 0 saturated carbocycles. The topological polar surface area (TPSA) is 50.2 Å². The van der Waals surface area contributed by atoms with E-state index >= 15 is 0 Å². The quantitative estimate of drug-likeness (QED) is 0.633. The van der Waals surface area contributed by atoms with Crippen molar-refractivity contribution in [2.24, 2.45) is 0 Å². The van der Waals surface area contributed by atoms with Crippen LogP contribution in [-0.2, 0) is 6.61 Å². The molecular formula is C8H9NO2. The number of hydrogen-bond acceptors (Lipinski definition) is 3. The maximum absolute atomic E-state index is 10.3. The van der Waals surface area contributed by atoms with E-state index in [9.17, 15) is 4.79 Å². The van der Waals surface area contributed by atoms with Gasteiger partial charge in [-0.2, -0.15) is 0 Å². The number of aryl methyl sites for hydroxylation is 1. The van der Waals surface area contributed by atoms with Crippen molar-refractivity contribution in [3.05, 3.63) is 29.1 Å². The molecular weight excluding hydrogens is 142 g/mol. The molecule has 0 spiro atoms. The standard InChI is InChI=1S/C8H9NO2/c1-6-2-7(4-10)3-8(5-11)9-6/h2-4,11H,5H2,1H3. The van der Waals surface area contributed by atoms with Crippen molar-refractivity contribution < 1.29 is 9.90 Å². The van der Waals surface area contributed by atoms with E-state index in [4.69, 9.17) is 5.11 Å². The third kappa shape index (κ3) is 1.85. The second-order valence-corrected chi connectivity index (χ2v) is 2.31. The summed E-state index contributed by atoms with van der Waals surface area (Å²) in [4.78, 5) is 14.3. The lowest BCUT2D eigenvalue weighted by Gasteiger charge is -1.98. The summed E-state index contributed by atoms with van der Waals surface area (Å²) >= 11 is 0. The third-order valence-electron chi connectivity index (χ3n) is 1.33. The number of hydrogen-bond donors (Lipinski definition) is 1. The number of pyridine rings is 1. The first-order valence-corrected chi connectivity index (χ1v) is 3.30. The summed E-state index contributed by atoms with van der Waals surface area (Å²) in [5.41, 5.74) is 1.84. The molecule has 0 unspecified atom stereocenters. The largest absolute Gasteiger partial charge is 0.390 e. The highest BCUT2D eigenvalue weighted by molar-refractivity contribution is 5.74. The van der Waals surface area contributed by atoms with Crippen LogP contribution in [0.4, 0.5) is 0 Å². The van der Waals surface area contributed by atoms with E-state index in [0.29, 0.717) is 11.3 Å². The van der Waals surface area contributed by atoms with Gasteiger partial charge in [0.15, 0.2) is 0 Å². The molecule has 3 heteroatoms. The smallest absolute Gasteiger partial charge is 0.150 e. The van der Waals surface area contributed by atoms with Gasteiger partial charge in [0.05, 0.1) is 12.3 Å². The van der Waals surface area contributed by atoms with Gasteiger partial charge in [0, 0.05) is 11.3 Å². The fourth-order valence-electron chi connectivity index (χ4n) is 0.915. The van der Waals surface area contributed by atoms with Gasteiger partial charge in [-0.3, -0.25) is 9.78 Å². The minimum Gasteiger partial charge on any atom is -0.390 e. The molecule has 0 aliphatic rings. The minimum atomic E-state index is -0.123. The zero-order valence-corrected chi connectivity index (χ0v) is 6.24. The van der Waals surface area contributed by atoms with E-state index in [1.165, 1.54) is 0 Å². The molecule has 1 aromatic rings. The predicted molar refractivity (Wildman–Crippen MR) is 40.3 cm³/mol. The van der Waals surface area contributed by atoms with Gasteiger partial charge < -0.3 is 5.11 Å². The van der Waals surface area contributed by atoms with Crippen LogP contribution in [-0.4, -0.2) is 16.4 Å². The van der Waals surface area contributed by atoms with Gasteiger partial charge in [-0.15, -0.1) is 0 Å². The van der Waals surface area contributed by atoms with Crippen molar-refractivity contribution in [2.45, 2.75) is 13.5 Å². The summed E-state index contributed by atoms with van der Waals surface area (Å²) in [6.45, 7) is 1.66. The highest BCUT2D eigenvalue weighted by Crippen LogP contribution is 2.02. The normalized spacial score (nSPS) is 9.64. The van der Waals surface area contributed by atoms with Crippen LogP contribution >= 0.6 is 0 Å². The highest BCUT2D eigenvalue weighted by Gasteiger charge is 1.96. The number of aliphatic hydroxyl groups is 1. The van der Waals surface area contributed by atoms with Gasteiger partial charge in [0.2, 0.25) is 0 Å². The van der Waals surface area contributed by atoms with Gasteiger partial charge in [-0.25, -0.2) is 0 Å². The first-order chi connectivity index (χ1) is 5.26. The van der Waals surface area contributed by atoms with E-state index in [1.54, 1.807) is 19.1 Å². The number of carbonyl (C=O) groups excluding carboxylic acids is 1. The molecule has 0 bridgehead atoms. The lowest BCUT2D eigenvalue weighted by Crippen LogP contribution is -1.94. The second-order valence-electron chi connectivity index (χ2n) is 2.31. The van der Waals surface area contributed by atoms with Gasteiger partial charge in [-0.1, -0.05) is 0 Å². The summed E-state index contributed by atoms with van der Waals surface area (Å²) < 4.78 is 0. The van der Waals surface area contributed by atoms with Crippen LogP contribution in [0.25, 0.3) is 0 Å². The number of aliphatic hydroxyl groups excluding tert-OH is 1. The molecule has 1 N–H and O–H groups in total. The predicted octanol–water partition coefficient (Wildman–Crippen LogP) is 0.695. The van der Waals surface area contributed by atoms with Gasteiger partial charge in [-0.05, 0) is 19.1 Å². The number of carbonyl (C=O) groups is 1. The van der Waals surface area contributed by atoms with Crippen molar-refractivity contribution >= 4 is 6.29 Å². The van der Waals surface area contributed by atoms with E-state index < -0.39 is 0 Å². The zero-order valence-electron chi connectivity index (χ0n) is 6.24. The molecule has 0 amide bonds. The Morgan fingerprint density at radius 2 is 2.36 bits per heavy atom. The molecule has 3 nitrogen and oxygen atoms in total. The Labute approximate surface area is 64.7 Å². The number of rotatable bonds is 2. The zero-order chi connectivity index (χ0) is 8.27. The Morgan fingerprint density at radius 3 is 2.91 bits per heavy atom. The Bertz CT molecular complexity index is 271. The molecule has 11 heavy (non-hydrogen) atoms. The van der Waals surface area contributed by atoms with Crippen LogP contribution < -0.4 is 0 Å². The average molecular weight is 151 g/mol. The van der Waals surface area contributed by atoms with E-state index in [0.717, 1.165) is 12.0 Å². The van der Waals surface area contributed by atoms with E-state index in [-0.39, 0.29) is 6.61 Å². The number of aldehydes is 1. The van der Waals surface area contributed by atoms with Crippen molar-refractivity contribution in [3.8, 4) is 0 Å². The maximum Gasteiger partial charge on any atom is 0.150 e. The summed E-state index contributed by atoms with van der Waals surface area (Å²) in [6, 6.07) is 3.24. The molecule has 0 aliphatic carbocycles. The van der Waals surface area contributed by atoms with Gasteiger partial charge in [0.25, 0.3) is 0 Å². The van der Waals surface area contributed by atoms with Crippen molar-refractivity contribution in [2.75, 3.05) is 0 Å². The summed E-state index contributed by atoms with van der Waals surface area (Å²) in [5, 5.41) is 8.70. The Kier molecular flexibility index (Phi) is 2.33. The van der Waals surface area contributed by atoms with Crippen LogP contribution in [0, 0.1) is 6.92 Å². The molecule has 1 aromatic heterocycles. The lowest BCUT2D eigenvalue weighted by molar-refractivity contribution is 0.112. The maximum atomic E-state index is 10.3. The first kappa shape index (κ1) is 7.88. The molecule has 1 rings (SSSR count). The van der Waals surface area contributed by atoms with Crippen molar-refractivity contribution in [1.29, 1.82) is 0 Å². The van der Waals surface area contributed by atoms with Crippen LogP contribution in [0.2, 0.25) is 0 Å². The highest BCUT2D eigenvalue weighted by atomic mass is 16.3. The third-order valence-corrected chi connectivity index (χ3v) is 1.33. The Balaban J connectivity index is 3.11. The Morgan fingerprint density at radius 1 is 1.64 bits per heavy atom. The van der Waals surface area contributed by atoms with Crippen LogP contribution in [0.15, 0.2) is 12.1 Å². The van der Waals surface area contributed by atoms with Gasteiger partial charge in [0.1, 0.15) is 6.29 Å². The molecule has 0 fully saturated rings. The van der Waals surface area contributed by atoms with Crippen LogP contribution in [0.1, 0.15) is 21.7 Å². The molecule has 0 radical (unpaired) electrons. The fourth-order valence-corrected chi connectivity index (χ4v) is 0.915.